The van der Waals surface area contributed by atoms with Crippen LogP contribution in [0.15, 0.2) is 53.1 Å². The number of nitrogens with zero attached hydrogens (tertiary/aromatic N) is 1. The smallest absolute Gasteiger partial charge is 0.238 e. The first kappa shape index (κ1) is 19.4. The summed E-state index contributed by atoms with van der Waals surface area (Å²) in [5.41, 5.74) is 2.78. The average Bonchev–Trinajstić information content (AvgIpc) is 3.36. The van der Waals surface area contributed by atoms with Gasteiger partial charge < -0.3 is 9.73 Å². The Morgan fingerprint density at radius 3 is 2.86 bits per heavy atom. The summed E-state index contributed by atoms with van der Waals surface area (Å²) in [4.78, 5) is 13.9. The molecule has 4 rings (SSSR count). The second-order valence-corrected chi connectivity index (χ2v) is 8.56. The molecule has 0 radical (unpaired) electrons. The van der Waals surface area contributed by atoms with E-state index in [1.54, 1.807) is 17.6 Å². The van der Waals surface area contributed by atoms with Crippen LogP contribution in [0.25, 0.3) is 0 Å². The molecule has 0 saturated carbocycles. The number of hydrogen-bond donors (Lipinski definition) is 2. The van der Waals surface area contributed by atoms with Crippen LogP contribution in [0.5, 0.6) is 0 Å². The molecule has 2 atom stereocenters. The predicted octanol–water partition coefficient (Wildman–Crippen LogP) is 4.66. The predicted molar refractivity (Wildman–Crippen MR) is 114 cm³/mol. The van der Waals surface area contributed by atoms with E-state index in [1.165, 1.54) is 4.88 Å². The van der Waals surface area contributed by atoms with Crippen molar-refractivity contribution in [1.82, 2.24) is 5.32 Å². The summed E-state index contributed by atoms with van der Waals surface area (Å²) in [6.45, 7) is 2.35. The Hall–Kier alpha value is -2.88. The lowest BCUT2D eigenvalue weighted by Crippen LogP contribution is -2.31. The number of furan rings is 1. The van der Waals surface area contributed by atoms with Crippen LogP contribution in [-0.2, 0) is 17.6 Å². The van der Waals surface area contributed by atoms with Crippen molar-refractivity contribution in [2.45, 2.75) is 32.2 Å². The number of rotatable bonds is 6. The van der Waals surface area contributed by atoms with Gasteiger partial charge in [-0.05, 0) is 48.4 Å². The molecule has 2 aromatic heterocycles. The van der Waals surface area contributed by atoms with Gasteiger partial charge in [-0.1, -0.05) is 37.3 Å². The molecule has 1 amide bonds. The van der Waals surface area contributed by atoms with Crippen molar-refractivity contribution in [3.8, 4) is 6.07 Å². The number of amides is 1. The van der Waals surface area contributed by atoms with Gasteiger partial charge in [0, 0.05) is 4.88 Å². The van der Waals surface area contributed by atoms with E-state index in [0.29, 0.717) is 16.5 Å². The molecule has 2 N–H and O–H groups in total. The lowest BCUT2D eigenvalue weighted by Gasteiger charge is -2.17. The third-order valence-corrected chi connectivity index (χ3v) is 6.47. The maximum Gasteiger partial charge on any atom is 0.238 e. The molecule has 29 heavy (non-hydrogen) atoms. The van der Waals surface area contributed by atoms with Crippen molar-refractivity contribution in [3.63, 3.8) is 0 Å². The van der Waals surface area contributed by atoms with Crippen LogP contribution in [0.2, 0.25) is 0 Å². The lowest BCUT2D eigenvalue weighted by molar-refractivity contribution is -0.115. The van der Waals surface area contributed by atoms with Gasteiger partial charge >= 0.3 is 0 Å². The second kappa shape index (κ2) is 8.64. The largest absolute Gasteiger partial charge is 0.467 e. The summed E-state index contributed by atoms with van der Waals surface area (Å²) in [7, 11) is 0. The highest BCUT2D eigenvalue weighted by Gasteiger charge is 2.25. The fourth-order valence-electron chi connectivity index (χ4n) is 3.81. The Balaban J connectivity index is 1.47. The van der Waals surface area contributed by atoms with E-state index in [-0.39, 0.29) is 18.5 Å². The molecular formula is C23H23N3O2S. The van der Waals surface area contributed by atoms with Crippen molar-refractivity contribution in [3.05, 3.63) is 76.1 Å². The van der Waals surface area contributed by atoms with Gasteiger partial charge in [-0.3, -0.25) is 10.1 Å². The number of anilines is 1. The summed E-state index contributed by atoms with van der Waals surface area (Å²) < 4.78 is 5.57. The summed E-state index contributed by atoms with van der Waals surface area (Å²) in [6, 6.07) is 15.7. The Kier molecular flexibility index (Phi) is 5.79. The third-order valence-electron chi connectivity index (χ3n) is 5.30. The van der Waals surface area contributed by atoms with E-state index in [4.69, 9.17) is 4.42 Å². The molecule has 1 aliphatic carbocycles. The highest BCUT2D eigenvalue weighted by Crippen LogP contribution is 2.39. The topological polar surface area (TPSA) is 78.1 Å². The van der Waals surface area contributed by atoms with E-state index in [9.17, 15) is 10.1 Å². The van der Waals surface area contributed by atoms with Crippen LogP contribution in [0, 0.1) is 17.2 Å². The van der Waals surface area contributed by atoms with Crippen molar-refractivity contribution < 1.29 is 9.21 Å². The number of nitriles is 1. The number of nitrogens with one attached hydrogen (secondary N) is 2. The van der Waals surface area contributed by atoms with Crippen LogP contribution in [-0.4, -0.2) is 12.5 Å². The first-order valence-electron chi connectivity index (χ1n) is 9.82. The molecule has 0 fully saturated rings. The SMILES string of the molecule is C[C@@H]1CCc2c(sc(NC(=O)CN[C@@H](c3ccccc3)c3ccco3)c2C#N)C1. The van der Waals surface area contributed by atoms with Gasteiger partial charge in [-0.25, -0.2) is 0 Å². The molecule has 0 spiro atoms. The minimum absolute atomic E-state index is 0.115. The molecule has 6 heteroatoms. The summed E-state index contributed by atoms with van der Waals surface area (Å²) in [5, 5.41) is 16.5. The van der Waals surface area contributed by atoms with Crippen LogP contribution < -0.4 is 10.6 Å². The number of thiophene rings is 1. The van der Waals surface area contributed by atoms with Crippen molar-refractivity contribution in [1.29, 1.82) is 5.26 Å². The van der Waals surface area contributed by atoms with E-state index >= 15 is 0 Å². The Bertz CT molecular complexity index is 1020. The number of hydrogen-bond acceptors (Lipinski definition) is 5. The van der Waals surface area contributed by atoms with E-state index in [1.807, 2.05) is 42.5 Å². The van der Waals surface area contributed by atoms with Gasteiger partial charge in [0.1, 0.15) is 16.8 Å². The normalized spacial score (nSPS) is 16.6. The third kappa shape index (κ3) is 4.26. The second-order valence-electron chi connectivity index (χ2n) is 7.46. The Labute approximate surface area is 174 Å². The van der Waals surface area contributed by atoms with E-state index in [2.05, 4.69) is 23.6 Å². The Morgan fingerprint density at radius 2 is 2.14 bits per heavy atom. The molecule has 148 valence electrons. The molecule has 1 aliphatic rings. The van der Waals surface area contributed by atoms with Gasteiger partial charge in [0.25, 0.3) is 0 Å². The maximum absolute atomic E-state index is 12.7. The van der Waals surface area contributed by atoms with E-state index < -0.39 is 0 Å². The quantitative estimate of drug-likeness (QED) is 0.625. The highest BCUT2D eigenvalue weighted by molar-refractivity contribution is 7.16. The van der Waals surface area contributed by atoms with Crippen molar-refractivity contribution >= 4 is 22.2 Å². The number of carbonyl (C=O) groups is 1. The van der Waals surface area contributed by atoms with E-state index in [0.717, 1.165) is 36.1 Å². The number of carbonyl (C=O) groups excluding carboxylic acids is 1. The highest BCUT2D eigenvalue weighted by atomic mass is 32.1. The number of benzene rings is 1. The molecule has 2 heterocycles. The number of fused-ring (bicyclic) bond motifs is 1. The molecular weight excluding hydrogens is 382 g/mol. The minimum atomic E-state index is -0.218. The zero-order valence-corrected chi connectivity index (χ0v) is 17.1. The zero-order chi connectivity index (χ0) is 20.2. The monoisotopic (exact) mass is 405 g/mol. The molecule has 0 aliphatic heterocycles. The van der Waals surface area contributed by atoms with Crippen molar-refractivity contribution in [2.75, 3.05) is 11.9 Å². The summed E-state index contributed by atoms with van der Waals surface area (Å²) >= 11 is 1.55. The van der Waals surface area contributed by atoms with Crippen LogP contribution in [0.4, 0.5) is 5.00 Å². The van der Waals surface area contributed by atoms with Crippen LogP contribution >= 0.6 is 11.3 Å². The Morgan fingerprint density at radius 1 is 1.31 bits per heavy atom. The molecule has 0 saturated heterocycles. The van der Waals surface area contributed by atoms with Gasteiger partial charge in [0.15, 0.2) is 0 Å². The van der Waals surface area contributed by atoms with Gasteiger partial charge in [0.05, 0.1) is 24.4 Å². The lowest BCUT2D eigenvalue weighted by atomic mass is 9.89. The molecule has 0 unspecified atom stereocenters. The van der Waals surface area contributed by atoms with Crippen LogP contribution in [0.1, 0.15) is 46.7 Å². The first-order valence-corrected chi connectivity index (χ1v) is 10.6. The van der Waals surface area contributed by atoms with Crippen molar-refractivity contribution in [2.24, 2.45) is 5.92 Å². The average molecular weight is 406 g/mol. The van der Waals surface area contributed by atoms with Gasteiger partial charge in [-0.2, -0.15) is 5.26 Å². The van der Waals surface area contributed by atoms with Gasteiger partial charge in [0.2, 0.25) is 5.91 Å². The molecule has 5 nitrogen and oxygen atoms in total. The molecule has 3 aromatic rings. The minimum Gasteiger partial charge on any atom is -0.467 e. The first-order chi connectivity index (χ1) is 14.2. The zero-order valence-electron chi connectivity index (χ0n) is 16.3. The standard InChI is InChI=1S/C23H23N3O2S/c1-15-9-10-17-18(13-24)23(29-20(17)12-15)26-21(27)14-25-22(19-8-5-11-28-19)16-6-3-2-4-7-16/h2-8,11,15,22,25H,9-10,12,14H2,1H3,(H,26,27)/t15-,22+/m1/s1. The van der Waals surface area contributed by atoms with Crippen LogP contribution in [0.3, 0.4) is 0 Å². The summed E-state index contributed by atoms with van der Waals surface area (Å²) in [6.07, 6.45) is 4.62. The molecule has 0 bridgehead atoms. The van der Waals surface area contributed by atoms with Gasteiger partial charge in [-0.15, -0.1) is 11.3 Å². The summed E-state index contributed by atoms with van der Waals surface area (Å²) in [5.74, 6) is 1.21. The molecule has 1 aromatic carbocycles. The fourth-order valence-corrected chi connectivity index (χ4v) is 5.18. The maximum atomic E-state index is 12.7. The fraction of sp³-hybridized carbons (Fsp3) is 0.304.